The minimum atomic E-state index is -0.477. The number of furan rings is 1. The fourth-order valence-electron chi connectivity index (χ4n) is 1.62. The molecule has 0 atom stereocenters. The molecule has 2 N–H and O–H groups in total. The van der Waals surface area contributed by atoms with Crippen LogP contribution in [0.1, 0.15) is 5.56 Å². The highest BCUT2D eigenvalue weighted by atomic mass is 35.5. The molecular weight excluding hydrogens is 243 g/mol. The van der Waals surface area contributed by atoms with Gasteiger partial charge in [-0.05, 0) is 12.1 Å². The second kappa shape index (κ2) is 4.67. The van der Waals surface area contributed by atoms with Crippen molar-refractivity contribution in [1.29, 1.82) is 0 Å². The molecule has 90 valence electrons. The lowest BCUT2D eigenvalue weighted by atomic mass is 10.2. The molecule has 0 bridgehead atoms. The summed E-state index contributed by atoms with van der Waals surface area (Å²) in [4.78, 5) is 1.83. The van der Waals surface area contributed by atoms with E-state index in [9.17, 15) is 4.39 Å². The quantitative estimate of drug-likeness (QED) is 0.855. The number of halogens is 2. The van der Waals surface area contributed by atoms with Gasteiger partial charge in [-0.2, -0.15) is 0 Å². The van der Waals surface area contributed by atoms with E-state index < -0.39 is 5.82 Å². The van der Waals surface area contributed by atoms with Crippen molar-refractivity contribution in [3.8, 4) is 0 Å². The summed E-state index contributed by atoms with van der Waals surface area (Å²) in [6.45, 7) is 0.585. The average molecular weight is 255 g/mol. The Morgan fingerprint density at radius 1 is 1.47 bits per heavy atom. The first-order valence-electron chi connectivity index (χ1n) is 5.04. The number of anilines is 2. The highest BCUT2D eigenvalue weighted by molar-refractivity contribution is 6.31. The van der Waals surface area contributed by atoms with Crippen molar-refractivity contribution in [2.24, 2.45) is 0 Å². The van der Waals surface area contributed by atoms with E-state index in [0.717, 1.165) is 5.56 Å². The summed E-state index contributed by atoms with van der Waals surface area (Å²) in [6, 6.07) is 4.59. The molecule has 1 aromatic carbocycles. The fraction of sp³-hybridized carbons (Fsp3) is 0.167. The number of hydrogen-bond donors (Lipinski definition) is 1. The molecule has 2 aromatic rings. The smallest absolute Gasteiger partial charge is 0.144 e. The van der Waals surface area contributed by atoms with Crippen LogP contribution in [0.15, 0.2) is 35.1 Å². The minimum Gasteiger partial charge on any atom is -0.472 e. The van der Waals surface area contributed by atoms with Gasteiger partial charge in [-0.25, -0.2) is 4.39 Å². The van der Waals surface area contributed by atoms with E-state index in [0.29, 0.717) is 17.9 Å². The standard InChI is InChI=1S/C12H12ClFN2O/c1-16(6-8-2-3-17-7-8)12-5-10(14)9(13)4-11(12)15/h2-5,7H,6,15H2,1H3. The molecule has 17 heavy (non-hydrogen) atoms. The maximum Gasteiger partial charge on any atom is 0.144 e. The van der Waals surface area contributed by atoms with Gasteiger partial charge in [0.2, 0.25) is 0 Å². The van der Waals surface area contributed by atoms with Crippen LogP contribution in [0.2, 0.25) is 5.02 Å². The third-order valence-corrected chi connectivity index (χ3v) is 2.77. The molecule has 0 fully saturated rings. The minimum absolute atomic E-state index is 0.0305. The largest absolute Gasteiger partial charge is 0.472 e. The summed E-state index contributed by atoms with van der Waals surface area (Å²) in [5.41, 5.74) is 7.84. The van der Waals surface area contributed by atoms with E-state index in [2.05, 4.69) is 0 Å². The fourth-order valence-corrected chi connectivity index (χ4v) is 1.80. The van der Waals surface area contributed by atoms with Gasteiger partial charge in [0, 0.05) is 25.2 Å². The Hall–Kier alpha value is -1.68. The predicted molar refractivity (Wildman–Crippen MR) is 66.6 cm³/mol. The Bertz CT molecular complexity index is 513. The van der Waals surface area contributed by atoms with Crippen LogP contribution in [0.5, 0.6) is 0 Å². The SMILES string of the molecule is CN(Cc1ccoc1)c1cc(F)c(Cl)cc1N. The second-order valence-corrected chi connectivity index (χ2v) is 4.22. The predicted octanol–water partition coefficient (Wildman–Crippen LogP) is 3.29. The Morgan fingerprint density at radius 3 is 2.88 bits per heavy atom. The van der Waals surface area contributed by atoms with Crippen molar-refractivity contribution in [3.63, 3.8) is 0 Å². The maximum absolute atomic E-state index is 13.4. The number of benzene rings is 1. The van der Waals surface area contributed by atoms with Gasteiger partial charge in [-0.15, -0.1) is 0 Å². The number of rotatable bonds is 3. The molecule has 1 aromatic heterocycles. The zero-order chi connectivity index (χ0) is 12.4. The monoisotopic (exact) mass is 254 g/mol. The number of nitrogens with zero attached hydrogens (tertiary/aromatic N) is 1. The Balaban J connectivity index is 2.24. The van der Waals surface area contributed by atoms with Crippen LogP contribution in [0.25, 0.3) is 0 Å². The Labute approximate surface area is 104 Å². The molecule has 2 rings (SSSR count). The topological polar surface area (TPSA) is 42.4 Å². The zero-order valence-corrected chi connectivity index (χ0v) is 10.0. The lowest BCUT2D eigenvalue weighted by Gasteiger charge is -2.20. The van der Waals surface area contributed by atoms with Crippen molar-refractivity contribution in [3.05, 3.63) is 47.1 Å². The van der Waals surface area contributed by atoms with Gasteiger partial charge in [0.1, 0.15) is 5.82 Å². The summed E-state index contributed by atoms with van der Waals surface area (Å²) in [6.07, 6.45) is 3.23. The molecule has 3 nitrogen and oxygen atoms in total. The van der Waals surface area contributed by atoms with E-state index in [1.807, 2.05) is 18.0 Å². The third kappa shape index (κ3) is 2.53. The molecule has 0 aliphatic carbocycles. The number of nitrogens with two attached hydrogens (primary N) is 1. The van der Waals surface area contributed by atoms with Gasteiger partial charge in [0.05, 0.1) is 28.9 Å². The molecule has 0 radical (unpaired) electrons. The molecule has 0 amide bonds. The second-order valence-electron chi connectivity index (χ2n) is 3.81. The highest BCUT2D eigenvalue weighted by Crippen LogP contribution is 2.29. The Kier molecular flexibility index (Phi) is 3.24. The van der Waals surface area contributed by atoms with Crippen LogP contribution in [0.4, 0.5) is 15.8 Å². The molecule has 0 unspecified atom stereocenters. The summed E-state index contributed by atoms with van der Waals surface area (Å²) in [7, 11) is 1.83. The van der Waals surface area contributed by atoms with E-state index in [4.69, 9.17) is 21.8 Å². The molecule has 5 heteroatoms. The first-order valence-corrected chi connectivity index (χ1v) is 5.42. The summed E-state index contributed by atoms with van der Waals surface area (Å²) < 4.78 is 18.3. The van der Waals surface area contributed by atoms with Crippen LogP contribution in [0.3, 0.4) is 0 Å². The Morgan fingerprint density at radius 2 is 2.24 bits per heavy atom. The van der Waals surface area contributed by atoms with E-state index >= 15 is 0 Å². The van der Waals surface area contributed by atoms with Crippen molar-refractivity contribution in [1.82, 2.24) is 0 Å². The van der Waals surface area contributed by atoms with Crippen LogP contribution in [-0.2, 0) is 6.54 Å². The van der Waals surface area contributed by atoms with Gasteiger partial charge >= 0.3 is 0 Å². The van der Waals surface area contributed by atoms with E-state index in [1.165, 1.54) is 12.1 Å². The molecule has 1 heterocycles. The van der Waals surface area contributed by atoms with Crippen LogP contribution >= 0.6 is 11.6 Å². The molecular formula is C12H12ClFN2O. The zero-order valence-electron chi connectivity index (χ0n) is 9.28. The third-order valence-electron chi connectivity index (χ3n) is 2.48. The first kappa shape index (κ1) is 11.8. The lowest BCUT2D eigenvalue weighted by molar-refractivity contribution is 0.563. The van der Waals surface area contributed by atoms with Gasteiger partial charge < -0.3 is 15.1 Å². The van der Waals surface area contributed by atoms with Gasteiger partial charge in [0.25, 0.3) is 0 Å². The van der Waals surface area contributed by atoms with Gasteiger partial charge in [0.15, 0.2) is 0 Å². The number of hydrogen-bond acceptors (Lipinski definition) is 3. The average Bonchev–Trinajstić information content (AvgIpc) is 2.76. The number of nitrogen functional groups attached to an aromatic ring is 1. The molecule has 0 spiro atoms. The summed E-state index contributed by atoms with van der Waals surface area (Å²) in [5.74, 6) is -0.477. The lowest BCUT2D eigenvalue weighted by Crippen LogP contribution is -2.17. The van der Waals surface area contributed by atoms with Crippen molar-refractivity contribution in [2.75, 3.05) is 17.7 Å². The van der Waals surface area contributed by atoms with Gasteiger partial charge in [-0.1, -0.05) is 11.6 Å². The van der Waals surface area contributed by atoms with E-state index in [-0.39, 0.29) is 5.02 Å². The van der Waals surface area contributed by atoms with Gasteiger partial charge in [-0.3, -0.25) is 0 Å². The van der Waals surface area contributed by atoms with Crippen LogP contribution in [0, 0.1) is 5.82 Å². The summed E-state index contributed by atoms with van der Waals surface area (Å²) in [5, 5.41) is 0.0305. The van der Waals surface area contributed by atoms with Crippen molar-refractivity contribution >= 4 is 23.0 Å². The summed E-state index contributed by atoms with van der Waals surface area (Å²) >= 11 is 5.64. The van der Waals surface area contributed by atoms with E-state index in [1.54, 1.807) is 12.5 Å². The van der Waals surface area contributed by atoms with Crippen LogP contribution < -0.4 is 10.6 Å². The first-order chi connectivity index (χ1) is 8.08. The van der Waals surface area contributed by atoms with Crippen LogP contribution in [-0.4, -0.2) is 7.05 Å². The molecule has 0 saturated carbocycles. The molecule has 0 aliphatic heterocycles. The van der Waals surface area contributed by atoms with Crippen molar-refractivity contribution < 1.29 is 8.81 Å². The molecule has 0 aliphatic rings. The normalized spacial score (nSPS) is 10.5. The highest BCUT2D eigenvalue weighted by Gasteiger charge is 2.11. The molecule has 0 saturated heterocycles. The van der Waals surface area contributed by atoms with Crippen molar-refractivity contribution in [2.45, 2.75) is 6.54 Å². The maximum atomic E-state index is 13.4.